The molecule has 1 unspecified atom stereocenters. The van der Waals surface area contributed by atoms with E-state index >= 15 is 0 Å². The second-order valence-electron chi connectivity index (χ2n) is 12.0. The number of allylic oxidation sites excluding steroid dienone is 1. The molecule has 1 saturated heterocycles. The molecule has 3 aromatic rings. The molecule has 1 aromatic heterocycles. The fourth-order valence-electron chi connectivity index (χ4n) is 6.45. The summed E-state index contributed by atoms with van der Waals surface area (Å²) in [5.74, 6) is 0.702. The average Bonchev–Trinajstić information content (AvgIpc) is 3.38. The van der Waals surface area contributed by atoms with Crippen LogP contribution in [0.2, 0.25) is 0 Å². The zero-order chi connectivity index (χ0) is 31.1. The molecular formula is C34H46N6O3. The van der Waals surface area contributed by atoms with Crippen molar-refractivity contribution in [1.29, 1.82) is 0 Å². The summed E-state index contributed by atoms with van der Waals surface area (Å²) < 4.78 is 0. The highest BCUT2D eigenvalue weighted by Gasteiger charge is 2.29. The third-order valence-electron chi connectivity index (χ3n) is 8.33. The van der Waals surface area contributed by atoms with E-state index in [0.717, 1.165) is 55.7 Å². The van der Waals surface area contributed by atoms with Gasteiger partial charge in [0.05, 0.1) is 0 Å². The number of aromatic nitrogens is 1. The largest absolute Gasteiger partial charge is 0.361 e. The summed E-state index contributed by atoms with van der Waals surface area (Å²) in [6.45, 7) is 10.2. The Balaban J connectivity index is 0.000000227. The van der Waals surface area contributed by atoms with Gasteiger partial charge in [-0.05, 0) is 75.9 Å². The lowest BCUT2D eigenvalue weighted by atomic mass is 9.91. The summed E-state index contributed by atoms with van der Waals surface area (Å²) in [5, 5.41) is 1.22. The molecule has 9 heteroatoms. The van der Waals surface area contributed by atoms with Crippen molar-refractivity contribution in [3.63, 3.8) is 0 Å². The number of nitrogens with zero attached hydrogens (tertiary/aromatic N) is 4. The number of aryl methyl sites for hydroxylation is 1. The zero-order valence-electron chi connectivity index (χ0n) is 26.0. The smallest absolute Gasteiger partial charge is 0.314 e. The first-order chi connectivity index (χ1) is 20.5. The maximum Gasteiger partial charge on any atom is 0.314 e. The second-order valence-corrected chi connectivity index (χ2v) is 12.0. The van der Waals surface area contributed by atoms with E-state index in [2.05, 4.69) is 60.9 Å². The van der Waals surface area contributed by atoms with Gasteiger partial charge in [-0.3, -0.25) is 9.59 Å². The SMILES string of the molecule is C=C(C)N(C(C)=O)C1CCN(C(N)=O)CC1.CN(C)CC1Cc2ccccc2N(C(=O)CCc2c[nH]c3ccccc23)C1. The fraction of sp³-hybridized carbons (Fsp3) is 0.441. The minimum atomic E-state index is -0.386. The van der Waals surface area contributed by atoms with Gasteiger partial charge in [0.25, 0.3) is 0 Å². The number of hydrogen-bond acceptors (Lipinski definition) is 4. The number of benzene rings is 2. The summed E-state index contributed by atoms with van der Waals surface area (Å²) in [6.07, 6.45) is 5.90. The molecule has 1 fully saturated rings. The lowest BCUT2D eigenvalue weighted by molar-refractivity contribution is -0.129. The van der Waals surface area contributed by atoms with Gasteiger partial charge in [0.1, 0.15) is 0 Å². The Morgan fingerprint density at radius 3 is 2.35 bits per heavy atom. The van der Waals surface area contributed by atoms with Crippen molar-refractivity contribution in [2.75, 3.05) is 45.2 Å². The highest BCUT2D eigenvalue weighted by Crippen LogP contribution is 2.31. The Morgan fingerprint density at radius 2 is 1.70 bits per heavy atom. The Labute approximate surface area is 255 Å². The number of fused-ring (bicyclic) bond motifs is 2. The van der Waals surface area contributed by atoms with Crippen LogP contribution in [0.1, 0.15) is 44.2 Å². The van der Waals surface area contributed by atoms with E-state index < -0.39 is 0 Å². The lowest BCUT2D eigenvalue weighted by Gasteiger charge is -2.37. The third kappa shape index (κ3) is 8.04. The van der Waals surface area contributed by atoms with Gasteiger partial charge in [-0.15, -0.1) is 0 Å². The molecule has 0 radical (unpaired) electrons. The first-order valence-corrected chi connectivity index (χ1v) is 15.1. The second kappa shape index (κ2) is 14.4. The predicted molar refractivity (Wildman–Crippen MR) is 173 cm³/mol. The number of aromatic amines is 1. The standard InChI is InChI=1S/C23H27N3O.C11H19N3O2/c1-25(2)15-17-13-18-7-3-6-10-22(18)26(16-17)23(27)12-11-19-14-24-21-9-5-4-8-20(19)21;1-8(2)14(9(3)15)10-4-6-13(7-5-10)11(12)16/h3-10,14,17,24H,11-13,15-16H2,1-2H3;10H,1,4-7H2,2-3H3,(H2,12,16). The van der Waals surface area contributed by atoms with Crippen LogP contribution >= 0.6 is 0 Å². The fourth-order valence-corrected chi connectivity index (χ4v) is 6.45. The number of carbonyl (C=O) groups excluding carboxylic acids is 3. The van der Waals surface area contributed by atoms with Gasteiger partial charge in [0, 0.05) is 74.0 Å². The molecule has 5 rings (SSSR count). The van der Waals surface area contributed by atoms with Gasteiger partial charge < -0.3 is 30.3 Å². The minimum Gasteiger partial charge on any atom is -0.361 e. The van der Waals surface area contributed by atoms with E-state index in [4.69, 9.17) is 5.73 Å². The molecule has 9 nitrogen and oxygen atoms in total. The first-order valence-electron chi connectivity index (χ1n) is 15.1. The highest BCUT2D eigenvalue weighted by molar-refractivity contribution is 5.95. The molecule has 3 heterocycles. The van der Waals surface area contributed by atoms with Crippen molar-refractivity contribution >= 4 is 34.4 Å². The van der Waals surface area contributed by atoms with Gasteiger partial charge in [0.2, 0.25) is 11.8 Å². The van der Waals surface area contributed by atoms with Gasteiger partial charge in [-0.2, -0.15) is 0 Å². The Kier molecular flexibility index (Phi) is 10.6. The molecule has 230 valence electrons. The number of nitrogens with two attached hydrogens (primary N) is 1. The van der Waals surface area contributed by atoms with E-state index in [-0.39, 0.29) is 23.9 Å². The Bertz CT molecular complexity index is 1420. The first kappa shape index (κ1) is 31.8. The summed E-state index contributed by atoms with van der Waals surface area (Å²) in [4.78, 5) is 46.4. The molecule has 0 bridgehead atoms. The number of piperidine rings is 1. The van der Waals surface area contributed by atoms with Crippen LogP contribution < -0.4 is 10.6 Å². The molecule has 0 saturated carbocycles. The number of hydrogen-bond donors (Lipinski definition) is 2. The molecule has 1 atom stereocenters. The van der Waals surface area contributed by atoms with Crippen LogP contribution in [-0.4, -0.2) is 83.8 Å². The molecule has 4 amide bonds. The normalized spacial score (nSPS) is 16.8. The van der Waals surface area contributed by atoms with Crippen LogP contribution in [-0.2, 0) is 22.4 Å². The number of para-hydroxylation sites is 2. The number of urea groups is 1. The molecule has 0 aliphatic carbocycles. The number of likely N-dealkylation sites (tertiary alicyclic amines) is 1. The van der Waals surface area contributed by atoms with Crippen LogP contribution in [0.25, 0.3) is 10.9 Å². The van der Waals surface area contributed by atoms with Crippen LogP contribution in [0.5, 0.6) is 0 Å². The highest BCUT2D eigenvalue weighted by atomic mass is 16.2. The number of rotatable bonds is 7. The lowest BCUT2D eigenvalue weighted by Crippen LogP contribution is -2.48. The van der Waals surface area contributed by atoms with E-state index in [1.165, 1.54) is 23.4 Å². The van der Waals surface area contributed by atoms with Crippen molar-refractivity contribution in [3.05, 3.63) is 78.1 Å². The minimum absolute atomic E-state index is 0.00465. The number of amides is 4. The monoisotopic (exact) mass is 586 g/mol. The van der Waals surface area contributed by atoms with Gasteiger partial charge in [0.15, 0.2) is 0 Å². The molecule has 2 aromatic carbocycles. The van der Waals surface area contributed by atoms with Gasteiger partial charge >= 0.3 is 6.03 Å². The molecule has 3 N–H and O–H groups in total. The zero-order valence-corrected chi connectivity index (χ0v) is 26.0. The van der Waals surface area contributed by atoms with E-state index in [0.29, 0.717) is 25.4 Å². The van der Waals surface area contributed by atoms with Crippen molar-refractivity contribution in [2.24, 2.45) is 11.7 Å². The summed E-state index contributed by atoms with van der Waals surface area (Å²) in [6, 6.07) is 16.4. The van der Waals surface area contributed by atoms with E-state index in [1.54, 1.807) is 9.80 Å². The summed E-state index contributed by atoms with van der Waals surface area (Å²) in [7, 11) is 4.20. The molecule has 2 aliphatic rings. The van der Waals surface area contributed by atoms with Gasteiger partial charge in [-0.25, -0.2) is 4.79 Å². The van der Waals surface area contributed by atoms with Crippen molar-refractivity contribution in [1.82, 2.24) is 19.7 Å². The van der Waals surface area contributed by atoms with Crippen LogP contribution in [0.4, 0.5) is 10.5 Å². The van der Waals surface area contributed by atoms with Crippen LogP contribution in [0.3, 0.4) is 0 Å². The molecule has 0 spiro atoms. The van der Waals surface area contributed by atoms with E-state index in [9.17, 15) is 14.4 Å². The quantitative estimate of drug-likeness (QED) is 0.416. The number of nitrogens with one attached hydrogen (secondary N) is 1. The number of H-pyrrole nitrogens is 1. The summed E-state index contributed by atoms with van der Waals surface area (Å²) >= 11 is 0. The summed E-state index contributed by atoms with van der Waals surface area (Å²) in [5.41, 5.74) is 10.7. The van der Waals surface area contributed by atoms with E-state index in [1.807, 2.05) is 36.2 Å². The van der Waals surface area contributed by atoms with Crippen LogP contribution in [0.15, 0.2) is 67.0 Å². The number of carbonyl (C=O) groups is 3. The number of primary amides is 1. The molecule has 2 aliphatic heterocycles. The number of anilines is 1. The van der Waals surface area contributed by atoms with Gasteiger partial charge in [-0.1, -0.05) is 43.0 Å². The Hall–Kier alpha value is -4.11. The third-order valence-corrected chi connectivity index (χ3v) is 8.33. The molecule has 43 heavy (non-hydrogen) atoms. The van der Waals surface area contributed by atoms with Crippen molar-refractivity contribution in [2.45, 2.75) is 52.0 Å². The van der Waals surface area contributed by atoms with Crippen molar-refractivity contribution < 1.29 is 14.4 Å². The predicted octanol–water partition coefficient (Wildman–Crippen LogP) is 4.78. The maximum absolute atomic E-state index is 13.1. The maximum atomic E-state index is 13.1. The van der Waals surface area contributed by atoms with Crippen LogP contribution in [0, 0.1) is 5.92 Å². The van der Waals surface area contributed by atoms with Crippen molar-refractivity contribution in [3.8, 4) is 0 Å². The topological polar surface area (TPSA) is 106 Å². The Morgan fingerprint density at radius 1 is 1.02 bits per heavy atom. The molecular weight excluding hydrogens is 540 g/mol. The average molecular weight is 587 g/mol.